The third-order valence-corrected chi connectivity index (χ3v) is 7.53. The van der Waals surface area contributed by atoms with Crippen LogP contribution in [0.25, 0.3) is 0 Å². The number of hydrogen-bond acceptors (Lipinski definition) is 8. The average Bonchev–Trinajstić information content (AvgIpc) is 2.96. The number of aliphatic imine (C=N–C) groups is 1. The Hall–Kier alpha value is -4.11. The molecule has 2 heterocycles. The summed E-state index contributed by atoms with van der Waals surface area (Å²) in [4.78, 5) is 29.2. The number of ether oxygens (including phenoxy) is 1. The number of nitrogens with one attached hydrogen (secondary N) is 3. The van der Waals surface area contributed by atoms with Gasteiger partial charge in [0.05, 0.1) is 30.1 Å². The normalized spacial score (nSPS) is 18.4. The number of fused-ring (bicyclic) bond motifs is 1. The first-order valence-electron chi connectivity index (χ1n) is 13.4. The number of aryl methyl sites for hydroxylation is 1. The summed E-state index contributed by atoms with van der Waals surface area (Å²) in [6.07, 6.45) is 5.09. The van der Waals surface area contributed by atoms with E-state index < -0.39 is 0 Å². The minimum atomic E-state index is -0.336. The third-order valence-electron chi connectivity index (χ3n) is 7.53. The Morgan fingerprint density at radius 3 is 2.59 bits per heavy atom. The summed E-state index contributed by atoms with van der Waals surface area (Å²) < 4.78 is 5.62. The topological polar surface area (TPSA) is 116 Å². The van der Waals surface area contributed by atoms with Crippen LogP contribution in [0.5, 0.6) is 5.75 Å². The van der Waals surface area contributed by atoms with Crippen LogP contribution < -0.4 is 15.4 Å². The molecule has 1 unspecified atom stereocenters. The van der Waals surface area contributed by atoms with Crippen molar-refractivity contribution in [3.05, 3.63) is 77.1 Å². The van der Waals surface area contributed by atoms with E-state index in [0.717, 1.165) is 54.9 Å². The van der Waals surface area contributed by atoms with E-state index >= 15 is 0 Å². The van der Waals surface area contributed by atoms with E-state index in [2.05, 4.69) is 32.6 Å². The van der Waals surface area contributed by atoms with Crippen molar-refractivity contribution in [2.24, 2.45) is 4.99 Å². The van der Waals surface area contributed by atoms with Gasteiger partial charge >= 0.3 is 0 Å². The molecular formula is C30H35N7O2. The van der Waals surface area contributed by atoms with E-state index in [4.69, 9.17) is 15.1 Å². The van der Waals surface area contributed by atoms with Crippen LogP contribution in [0, 0.1) is 5.41 Å². The molecule has 1 aliphatic carbocycles. The van der Waals surface area contributed by atoms with Gasteiger partial charge in [0.1, 0.15) is 5.75 Å². The van der Waals surface area contributed by atoms with E-state index in [0.29, 0.717) is 35.1 Å². The van der Waals surface area contributed by atoms with Crippen molar-refractivity contribution in [1.29, 1.82) is 5.41 Å². The second-order valence-corrected chi connectivity index (χ2v) is 10.1. The van der Waals surface area contributed by atoms with Gasteiger partial charge in [0.2, 0.25) is 5.95 Å². The van der Waals surface area contributed by atoms with Crippen molar-refractivity contribution in [1.82, 2.24) is 20.2 Å². The van der Waals surface area contributed by atoms with Gasteiger partial charge in [0.25, 0.3) is 5.91 Å². The summed E-state index contributed by atoms with van der Waals surface area (Å²) in [6.45, 7) is 1.96. The lowest BCUT2D eigenvalue weighted by Gasteiger charge is -2.29. The number of amides is 1. The van der Waals surface area contributed by atoms with Gasteiger partial charge in [-0.05, 0) is 75.1 Å². The number of anilines is 2. The number of carbonyl (C=O) groups excluding carboxylic acids is 1. The molecule has 3 N–H and O–H groups in total. The van der Waals surface area contributed by atoms with Crippen LogP contribution in [0.15, 0.2) is 59.7 Å². The molecule has 5 rings (SSSR count). The van der Waals surface area contributed by atoms with Crippen molar-refractivity contribution in [2.75, 3.05) is 39.6 Å². The predicted octanol–water partition coefficient (Wildman–Crippen LogP) is 4.22. The van der Waals surface area contributed by atoms with Crippen LogP contribution in [0.3, 0.4) is 0 Å². The van der Waals surface area contributed by atoms with Gasteiger partial charge in [-0.2, -0.15) is 0 Å². The molecule has 1 saturated heterocycles. The Bertz CT molecular complexity index is 1380. The summed E-state index contributed by atoms with van der Waals surface area (Å²) >= 11 is 0. The summed E-state index contributed by atoms with van der Waals surface area (Å²) in [6, 6.07) is 15.5. The lowest BCUT2D eigenvalue weighted by Crippen LogP contribution is -2.43. The van der Waals surface area contributed by atoms with E-state index in [1.807, 2.05) is 42.6 Å². The van der Waals surface area contributed by atoms with E-state index in [9.17, 15) is 4.79 Å². The zero-order valence-electron chi connectivity index (χ0n) is 22.7. The Morgan fingerprint density at radius 1 is 1.10 bits per heavy atom. The molecule has 39 heavy (non-hydrogen) atoms. The number of rotatable bonds is 7. The first-order chi connectivity index (χ1) is 19.0. The summed E-state index contributed by atoms with van der Waals surface area (Å²) in [5, 5.41) is 15.2. The molecular weight excluding hydrogens is 490 g/mol. The Morgan fingerprint density at radius 2 is 1.87 bits per heavy atom. The fourth-order valence-electron chi connectivity index (χ4n) is 5.31. The maximum Gasteiger partial charge on any atom is 0.251 e. The Balaban J connectivity index is 1.38. The number of methoxy groups -OCH3 is 1. The maximum atomic E-state index is 12.9. The molecule has 2 aliphatic rings. The van der Waals surface area contributed by atoms with Crippen LogP contribution >= 0.6 is 0 Å². The minimum Gasteiger partial charge on any atom is -0.495 e. The molecule has 1 atom stereocenters. The average molecular weight is 526 g/mol. The van der Waals surface area contributed by atoms with E-state index in [-0.39, 0.29) is 17.9 Å². The van der Waals surface area contributed by atoms with Crippen LogP contribution in [0.4, 0.5) is 11.6 Å². The number of carbonyl (C=O) groups is 1. The SMILES string of the molecule is CN=C(c1ccccc1)C1C(=N)CCc2cnc(Nc3ccc(C(=O)NC4CCN(C)CC4)cc3OC)nc21. The monoisotopic (exact) mass is 525 g/mol. The predicted molar refractivity (Wildman–Crippen MR) is 154 cm³/mol. The van der Waals surface area contributed by atoms with Gasteiger partial charge in [-0.3, -0.25) is 9.79 Å². The van der Waals surface area contributed by atoms with Gasteiger partial charge in [0.15, 0.2) is 0 Å². The summed E-state index contributed by atoms with van der Waals surface area (Å²) in [5.74, 6) is 0.487. The maximum absolute atomic E-state index is 12.9. The number of nitrogens with zero attached hydrogens (tertiary/aromatic N) is 4. The third kappa shape index (κ3) is 5.83. The van der Waals surface area contributed by atoms with Crippen LogP contribution in [-0.2, 0) is 6.42 Å². The van der Waals surface area contributed by atoms with Crippen LogP contribution in [-0.4, -0.2) is 72.5 Å². The fourth-order valence-corrected chi connectivity index (χ4v) is 5.31. The summed E-state index contributed by atoms with van der Waals surface area (Å²) in [5.41, 5.74) is 5.41. The number of likely N-dealkylation sites (tertiary alicyclic amines) is 1. The van der Waals surface area contributed by atoms with Crippen molar-refractivity contribution >= 4 is 29.0 Å². The lowest BCUT2D eigenvalue weighted by molar-refractivity contribution is 0.0916. The van der Waals surface area contributed by atoms with E-state index in [1.54, 1.807) is 26.3 Å². The number of aromatic nitrogens is 2. The van der Waals surface area contributed by atoms with Gasteiger partial charge < -0.3 is 25.7 Å². The van der Waals surface area contributed by atoms with Crippen molar-refractivity contribution in [3.8, 4) is 5.75 Å². The molecule has 1 fully saturated rings. The first kappa shape index (κ1) is 26.5. The highest BCUT2D eigenvalue weighted by molar-refractivity contribution is 6.18. The van der Waals surface area contributed by atoms with Gasteiger partial charge in [-0.25, -0.2) is 9.97 Å². The van der Waals surface area contributed by atoms with E-state index in [1.165, 1.54) is 0 Å². The van der Waals surface area contributed by atoms with Gasteiger partial charge in [-0.1, -0.05) is 30.3 Å². The molecule has 1 aliphatic heterocycles. The van der Waals surface area contributed by atoms with Crippen molar-refractivity contribution < 1.29 is 9.53 Å². The number of hydrogen-bond donors (Lipinski definition) is 3. The first-order valence-corrected chi connectivity index (χ1v) is 13.4. The molecule has 202 valence electrons. The van der Waals surface area contributed by atoms with Crippen LogP contribution in [0.1, 0.15) is 52.4 Å². The highest BCUT2D eigenvalue weighted by Crippen LogP contribution is 2.33. The standard InChI is InChI=1S/C30H35N7O2/c1-32-27(19-7-5-4-6-8-19)26-23(31)11-9-21-18-33-30(36-28(21)26)35-24-12-10-20(17-25(24)39-3)29(38)34-22-13-15-37(2)16-14-22/h4-8,10,12,17-18,22,26,31H,9,11,13-16H2,1-3H3,(H,34,38)(H,33,35,36). The quantitative estimate of drug-likeness (QED) is 0.398. The molecule has 9 nitrogen and oxygen atoms in total. The highest BCUT2D eigenvalue weighted by Gasteiger charge is 2.32. The molecule has 0 spiro atoms. The highest BCUT2D eigenvalue weighted by atomic mass is 16.5. The largest absolute Gasteiger partial charge is 0.495 e. The van der Waals surface area contributed by atoms with Gasteiger partial charge in [0, 0.05) is 30.6 Å². The number of benzene rings is 2. The second kappa shape index (κ2) is 11.7. The Labute approximate surface area is 229 Å². The fraction of sp³-hybridized carbons (Fsp3) is 0.367. The molecule has 1 amide bonds. The van der Waals surface area contributed by atoms with Crippen molar-refractivity contribution in [3.63, 3.8) is 0 Å². The van der Waals surface area contributed by atoms with Gasteiger partial charge in [-0.15, -0.1) is 0 Å². The van der Waals surface area contributed by atoms with Crippen LogP contribution in [0.2, 0.25) is 0 Å². The zero-order valence-corrected chi connectivity index (χ0v) is 22.7. The zero-order chi connectivity index (χ0) is 27.4. The minimum absolute atomic E-state index is 0.104. The second-order valence-electron chi connectivity index (χ2n) is 10.1. The molecule has 2 aromatic carbocycles. The molecule has 0 radical (unpaired) electrons. The molecule has 9 heteroatoms. The molecule has 3 aromatic rings. The Kier molecular flexibility index (Phi) is 7.97. The molecule has 0 saturated carbocycles. The van der Waals surface area contributed by atoms with Crippen molar-refractivity contribution in [2.45, 2.75) is 37.6 Å². The molecule has 1 aromatic heterocycles. The smallest absolute Gasteiger partial charge is 0.251 e. The lowest BCUT2D eigenvalue weighted by atomic mass is 9.80. The molecule has 0 bridgehead atoms. The summed E-state index contributed by atoms with van der Waals surface area (Å²) in [7, 11) is 5.44. The number of piperidine rings is 1.